The molecular formula is C29H31N3O5. The van der Waals surface area contributed by atoms with Crippen LogP contribution < -0.4 is 0 Å². The van der Waals surface area contributed by atoms with Crippen LogP contribution >= 0.6 is 0 Å². The number of ether oxygens (including phenoxy) is 2. The van der Waals surface area contributed by atoms with Crippen LogP contribution in [0.5, 0.6) is 5.75 Å². The number of piperidine rings is 1. The summed E-state index contributed by atoms with van der Waals surface area (Å²) in [5.41, 5.74) is 2.76. The predicted octanol–water partition coefficient (Wildman–Crippen LogP) is 4.93. The van der Waals surface area contributed by atoms with Crippen molar-refractivity contribution in [1.29, 1.82) is 0 Å². The molecule has 0 spiro atoms. The van der Waals surface area contributed by atoms with Gasteiger partial charge in [-0.25, -0.2) is 14.6 Å². The van der Waals surface area contributed by atoms with E-state index in [4.69, 9.17) is 9.47 Å². The van der Waals surface area contributed by atoms with Crippen LogP contribution in [-0.2, 0) is 29.1 Å². The molecule has 3 aliphatic rings. The molecule has 192 valence electrons. The first-order chi connectivity index (χ1) is 18.1. The molecule has 3 aromatic rings. The topological polar surface area (TPSA) is 82.6 Å². The highest BCUT2D eigenvalue weighted by Crippen LogP contribution is 2.34. The summed E-state index contributed by atoms with van der Waals surface area (Å²) in [5, 5.41) is 12.7. The average molecular weight is 502 g/mol. The van der Waals surface area contributed by atoms with E-state index in [2.05, 4.69) is 4.90 Å². The molecule has 3 saturated heterocycles. The largest absolute Gasteiger partial charge is 0.508 e. The number of hydrazine groups is 1. The fraction of sp³-hybridized carbons (Fsp3) is 0.310. The van der Waals surface area contributed by atoms with Gasteiger partial charge in [-0.1, -0.05) is 72.8 Å². The molecule has 3 aliphatic heterocycles. The molecule has 2 atom stereocenters. The van der Waals surface area contributed by atoms with Crippen LogP contribution in [0.3, 0.4) is 0 Å². The van der Waals surface area contributed by atoms with Crippen molar-refractivity contribution in [3.8, 4) is 5.75 Å². The Kier molecular flexibility index (Phi) is 7.56. The van der Waals surface area contributed by atoms with Gasteiger partial charge in [0.05, 0.1) is 6.04 Å². The van der Waals surface area contributed by atoms with Gasteiger partial charge in [-0.15, -0.1) is 0 Å². The molecule has 37 heavy (non-hydrogen) atoms. The van der Waals surface area contributed by atoms with Gasteiger partial charge < -0.3 is 14.6 Å². The number of nitrogens with zero attached hydrogens (tertiary/aromatic N) is 3. The number of rotatable bonds is 7. The van der Waals surface area contributed by atoms with Crippen LogP contribution in [0.4, 0.5) is 9.59 Å². The molecule has 2 bridgehead atoms. The molecule has 8 heteroatoms. The average Bonchev–Trinajstić information content (AvgIpc) is 2.94. The van der Waals surface area contributed by atoms with Crippen molar-refractivity contribution in [3.63, 3.8) is 0 Å². The first-order valence-corrected chi connectivity index (χ1v) is 12.6. The molecule has 1 N–H and O–H groups in total. The maximum absolute atomic E-state index is 13.4. The fourth-order valence-electron chi connectivity index (χ4n) is 5.05. The summed E-state index contributed by atoms with van der Waals surface area (Å²) in [6, 6.07) is 25.9. The lowest BCUT2D eigenvalue weighted by Gasteiger charge is -2.56. The van der Waals surface area contributed by atoms with Gasteiger partial charge in [0.25, 0.3) is 0 Å². The number of carbonyl (C=O) groups is 2. The van der Waals surface area contributed by atoms with E-state index in [1.54, 1.807) is 12.1 Å². The summed E-state index contributed by atoms with van der Waals surface area (Å²) in [6.07, 6.45) is 0.766. The molecule has 6 rings (SSSR count). The minimum atomic E-state index is -0.572. The molecule has 2 amide bonds. The van der Waals surface area contributed by atoms with Crippen molar-refractivity contribution in [2.75, 3.05) is 13.1 Å². The highest BCUT2D eigenvalue weighted by molar-refractivity contribution is 5.75. The standard InChI is InChI=1S/C29H31N3O5/c33-26-13-7-12-22(18-26)16-17-30-19-25-14-15-27(30)32(29(35)37-21-24-10-5-2-6-11-24)31(25)28(34)36-20-23-8-3-1-4-9-23/h1-13,18,25,27,33H,14-17,19-21H2. The first-order valence-electron chi connectivity index (χ1n) is 12.6. The molecule has 2 unspecified atom stereocenters. The minimum absolute atomic E-state index is 0.115. The Hall–Kier alpha value is -4.04. The summed E-state index contributed by atoms with van der Waals surface area (Å²) in [6.45, 7) is 1.55. The van der Waals surface area contributed by atoms with Gasteiger partial charge in [-0.2, -0.15) is 5.01 Å². The van der Waals surface area contributed by atoms with E-state index >= 15 is 0 Å². The zero-order valence-electron chi connectivity index (χ0n) is 20.6. The van der Waals surface area contributed by atoms with Crippen molar-refractivity contribution < 1.29 is 24.2 Å². The normalized spacial score (nSPS) is 19.0. The smallest absolute Gasteiger partial charge is 0.430 e. The molecule has 3 fully saturated rings. The molecule has 0 aliphatic carbocycles. The van der Waals surface area contributed by atoms with Gasteiger partial charge in [-0.3, -0.25) is 4.90 Å². The third kappa shape index (κ3) is 5.86. The van der Waals surface area contributed by atoms with E-state index in [1.165, 1.54) is 10.0 Å². The van der Waals surface area contributed by atoms with Crippen molar-refractivity contribution >= 4 is 12.2 Å². The van der Waals surface area contributed by atoms with Gasteiger partial charge in [0, 0.05) is 13.1 Å². The number of fused-ring (bicyclic) bond motifs is 3. The number of carbonyl (C=O) groups excluding carboxylic acids is 2. The lowest BCUT2D eigenvalue weighted by atomic mass is 9.98. The van der Waals surface area contributed by atoms with Gasteiger partial charge in [0.15, 0.2) is 0 Å². The predicted molar refractivity (Wildman–Crippen MR) is 137 cm³/mol. The Labute approximate surface area is 216 Å². The number of benzene rings is 3. The van der Waals surface area contributed by atoms with Gasteiger partial charge in [-0.05, 0) is 48.1 Å². The zero-order chi connectivity index (χ0) is 25.6. The Bertz CT molecular complexity index is 1210. The van der Waals surface area contributed by atoms with Crippen LogP contribution in [0.2, 0.25) is 0 Å². The van der Waals surface area contributed by atoms with Gasteiger partial charge in [0.2, 0.25) is 0 Å². The molecule has 0 saturated carbocycles. The number of aromatic hydroxyl groups is 1. The second-order valence-corrected chi connectivity index (χ2v) is 9.40. The van der Waals surface area contributed by atoms with E-state index in [0.717, 1.165) is 29.5 Å². The lowest BCUT2D eigenvalue weighted by Crippen LogP contribution is -2.73. The Morgan fingerprint density at radius 3 is 1.97 bits per heavy atom. The van der Waals surface area contributed by atoms with Crippen LogP contribution in [0.1, 0.15) is 29.5 Å². The quantitative estimate of drug-likeness (QED) is 0.494. The van der Waals surface area contributed by atoms with Crippen molar-refractivity contribution in [3.05, 3.63) is 102 Å². The highest BCUT2D eigenvalue weighted by atomic mass is 16.6. The number of hydrogen-bond acceptors (Lipinski definition) is 6. The third-order valence-corrected chi connectivity index (χ3v) is 6.87. The summed E-state index contributed by atoms with van der Waals surface area (Å²) >= 11 is 0. The lowest BCUT2D eigenvalue weighted by molar-refractivity contribution is -0.179. The summed E-state index contributed by atoms with van der Waals surface area (Å²) in [5.74, 6) is 0.233. The second-order valence-electron chi connectivity index (χ2n) is 9.40. The second kappa shape index (κ2) is 11.3. The fourth-order valence-corrected chi connectivity index (χ4v) is 5.05. The van der Waals surface area contributed by atoms with Crippen molar-refractivity contribution in [2.24, 2.45) is 0 Å². The molecule has 0 aromatic heterocycles. The first kappa shape index (κ1) is 24.6. The monoisotopic (exact) mass is 501 g/mol. The number of amides is 2. The number of hydrogen-bond donors (Lipinski definition) is 1. The molecule has 3 heterocycles. The number of phenolic OH excluding ortho intramolecular Hbond substituents is 1. The summed E-state index contributed by atoms with van der Waals surface area (Å²) < 4.78 is 11.3. The Morgan fingerprint density at radius 1 is 0.757 bits per heavy atom. The van der Waals surface area contributed by atoms with Gasteiger partial charge >= 0.3 is 12.2 Å². The maximum atomic E-state index is 13.4. The Morgan fingerprint density at radius 2 is 1.35 bits per heavy atom. The molecule has 0 radical (unpaired) electrons. The zero-order valence-corrected chi connectivity index (χ0v) is 20.6. The molecular weight excluding hydrogens is 470 g/mol. The molecule has 3 aromatic carbocycles. The van der Waals surface area contributed by atoms with E-state index in [0.29, 0.717) is 19.5 Å². The summed E-state index contributed by atoms with van der Waals surface area (Å²) in [7, 11) is 0. The van der Waals surface area contributed by atoms with Crippen LogP contribution in [-0.4, -0.2) is 57.5 Å². The highest BCUT2D eigenvalue weighted by Gasteiger charge is 2.50. The minimum Gasteiger partial charge on any atom is -0.508 e. The Balaban J connectivity index is 1.31. The van der Waals surface area contributed by atoms with Crippen LogP contribution in [0.25, 0.3) is 0 Å². The van der Waals surface area contributed by atoms with E-state index in [9.17, 15) is 14.7 Å². The molecule has 8 nitrogen and oxygen atoms in total. The van der Waals surface area contributed by atoms with E-state index in [-0.39, 0.29) is 31.2 Å². The maximum Gasteiger partial charge on any atom is 0.430 e. The number of phenols is 1. The van der Waals surface area contributed by atoms with Crippen LogP contribution in [0, 0.1) is 0 Å². The van der Waals surface area contributed by atoms with E-state index in [1.807, 2.05) is 72.8 Å². The van der Waals surface area contributed by atoms with Crippen molar-refractivity contribution in [1.82, 2.24) is 14.9 Å². The summed E-state index contributed by atoms with van der Waals surface area (Å²) in [4.78, 5) is 28.9. The SMILES string of the molecule is O=C(OCc1ccccc1)N1C2CCC(N(CCc3cccc(O)c3)C2)N1C(=O)OCc1ccccc1. The van der Waals surface area contributed by atoms with Gasteiger partial charge in [0.1, 0.15) is 25.1 Å². The van der Waals surface area contributed by atoms with Crippen LogP contribution in [0.15, 0.2) is 84.9 Å². The van der Waals surface area contributed by atoms with E-state index < -0.39 is 12.2 Å². The third-order valence-electron chi connectivity index (χ3n) is 6.87. The van der Waals surface area contributed by atoms with Crippen molar-refractivity contribution in [2.45, 2.75) is 44.7 Å².